The van der Waals surface area contributed by atoms with E-state index in [0.717, 1.165) is 25.7 Å². The van der Waals surface area contributed by atoms with Gasteiger partial charge in [0, 0.05) is 6.42 Å². The van der Waals surface area contributed by atoms with Crippen molar-refractivity contribution in [3.05, 3.63) is 0 Å². The molecule has 5 heteroatoms. The van der Waals surface area contributed by atoms with Crippen molar-refractivity contribution >= 4 is 11.9 Å². The molecule has 0 aromatic heterocycles. The molecule has 0 radical (unpaired) electrons. The summed E-state index contributed by atoms with van der Waals surface area (Å²) in [7, 11) is 0. The van der Waals surface area contributed by atoms with Crippen molar-refractivity contribution in [2.75, 3.05) is 6.61 Å². The van der Waals surface area contributed by atoms with Gasteiger partial charge in [-0.3, -0.25) is 9.59 Å². The van der Waals surface area contributed by atoms with Crippen LogP contribution in [0.1, 0.15) is 45.4 Å². The number of carbonyl (C=O) groups excluding carboxylic acids is 1. The van der Waals surface area contributed by atoms with Gasteiger partial charge in [-0.25, -0.2) is 0 Å². The van der Waals surface area contributed by atoms with Gasteiger partial charge >= 0.3 is 11.9 Å². The fourth-order valence-corrected chi connectivity index (χ4v) is 1.18. The Labute approximate surface area is 96.0 Å². The second-order valence-electron chi connectivity index (χ2n) is 3.76. The van der Waals surface area contributed by atoms with Gasteiger partial charge in [0.1, 0.15) is 6.04 Å². The zero-order valence-corrected chi connectivity index (χ0v) is 9.78. The largest absolute Gasteiger partial charge is 0.480 e. The van der Waals surface area contributed by atoms with Crippen LogP contribution in [0.2, 0.25) is 0 Å². The summed E-state index contributed by atoms with van der Waals surface area (Å²) in [5.41, 5.74) is 5.25. The highest BCUT2D eigenvalue weighted by Gasteiger charge is 2.13. The van der Waals surface area contributed by atoms with Gasteiger partial charge in [0.15, 0.2) is 0 Å². The van der Waals surface area contributed by atoms with Gasteiger partial charge in [-0.2, -0.15) is 0 Å². The highest BCUT2D eigenvalue weighted by molar-refractivity contribution is 5.75. The molecule has 0 rings (SSSR count). The van der Waals surface area contributed by atoms with Gasteiger partial charge < -0.3 is 15.6 Å². The zero-order valence-electron chi connectivity index (χ0n) is 9.78. The van der Waals surface area contributed by atoms with Crippen molar-refractivity contribution < 1.29 is 19.4 Å². The van der Waals surface area contributed by atoms with Crippen LogP contribution in [0.3, 0.4) is 0 Å². The summed E-state index contributed by atoms with van der Waals surface area (Å²) in [5, 5.41) is 8.49. The Bertz CT molecular complexity index is 218. The third kappa shape index (κ3) is 8.23. The fourth-order valence-electron chi connectivity index (χ4n) is 1.18. The van der Waals surface area contributed by atoms with E-state index in [-0.39, 0.29) is 18.8 Å². The van der Waals surface area contributed by atoms with E-state index in [4.69, 9.17) is 15.6 Å². The number of esters is 1. The van der Waals surface area contributed by atoms with Gasteiger partial charge in [0.2, 0.25) is 0 Å². The van der Waals surface area contributed by atoms with Crippen molar-refractivity contribution in [3.8, 4) is 0 Å². The predicted molar refractivity (Wildman–Crippen MR) is 59.9 cm³/mol. The highest BCUT2D eigenvalue weighted by Crippen LogP contribution is 2.01. The average molecular weight is 231 g/mol. The van der Waals surface area contributed by atoms with Crippen molar-refractivity contribution in [1.82, 2.24) is 0 Å². The third-order valence-electron chi connectivity index (χ3n) is 2.24. The van der Waals surface area contributed by atoms with Crippen molar-refractivity contribution in [2.24, 2.45) is 5.73 Å². The van der Waals surface area contributed by atoms with E-state index in [0.29, 0.717) is 6.61 Å². The first-order valence-electron chi connectivity index (χ1n) is 5.72. The maximum Gasteiger partial charge on any atom is 0.320 e. The predicted octanol–water partition coefficient (Wildman–Crippen LogP) is 1.30. The molecule has 3 N–H and O–H groups in total. The van der Waals surface area contributed by atoms with E-state index in [1.54, 1.807) is 0 Å². The molecule has 5 nitrogen and oxygen atoms in total. The first kappa shape index (κ1) is 14.9. The Morgan fingerprint density at radius 2 is 2.00 bits per heavy atom. The minimum atomic E-state index is -1.09. The second-order valence-corrected chi connectivity index (χ2v) is 3.76. The summed E-state index contributed by atoms with van der Waals surface area (Å²) in [4.78, 5) is 21.5. The number of carboxylic acids is 1. The van der Waals surface area contributed by atoms with Crippen LogP contribution in [0.25, 0.3) is 0 Å². The summed E-state index contributed by atoms with van der Waals surface area (Å²) >= 11 is 0. The van der Waals surface area contributed by atoms with Gasteiger partial charge in [-0.05, 0) is 12.8 Å². The quantitative estimate of drug-likeness (QED) is 0.461. The maximum absolute atomic E-state index is 11.1. The molecule has 0 fully saturated rings. The number of nitrogens with two attached hydrogens (primary N) is 1. The number of carbonyl (C=O) groups is 2. The Morgan fingerprint density at radius 1 is 1.31 bits per heavy atom. The first-order valence-corrected chi connectivity index (χ1v) is 5.72. The Hall–Kier alpha value is -1.10. The minimum Gasteiger partial charge on any atom is -0.480 e. The molecule has 0 aliphatic heterocycles. The van der Waals surface area contributed by atoms with E-state index in [2.05, 4.69) is 6.92 Å². The van der Waals surface area contributed by atoms with Crippen molar-refractivity contribution in [3.63, 3.8) is 0 Å². The summed E-state index contributed by atoms with van der Waals surface area (Å²) in [5.74, 6) is -1.45. The summed E-state index contributed by atoms with van der Waals surface area (Å²) < 4.78 is 4.93. The van der Waals surface area contributed by atoms with Crippen LogP contribution in [-0.2, 0) is 14.3 Å². The molecule has 16 heavy (non-hydrogen) atoms. The monoisotopic (exact) mass is 231 g/mol. The summed E-state index contributed by atoms with van der Waals surface area (Å²) in [6, 6.07) is -0.979. The number of aliphatic carboxylic acids is 1. The molecule has 0 saturated heterocycles. The molecule has 0 aromatic rings. The van der Waals surface area contributed by atoms with E-state index in [9.17, 15) is 9.59 Å². The molecule has 0 aliphatic carbocycles. The molecule has 94 valence electrons. The topological polar surface area (TPSA) is 89.6 Å². The van der Waals surface area contributed by atoms with Gasteiger partial charge in [-0.1, -0.05) is 26.2 Å². The molecule has 0 bridgehead atoms. The van der Waals surface area contributed by atoms with Crippen LogP contribution < -0.4 is 5.73 Å². The van der Waals surface area contributed by atoms with Gasteiger partial charge in [0.05, 0.1) is 6.61 Å². The fraction of sp³-hybridized carbons (Fsp3) is 0.818. The van der Waals surface area contributed by atoms with Gasteiger partial charge in [-0.15, -0.1) is 0 Å². The molecule has 0 aliphatic rings. The van der Waals surface area contributed by atoms with Gasteiger partial charge in [0.25, 0.3) is 0 Å². The van der Waals surface area contributed by atoms with Crippen molar-refractivity contribution in [1.29, 1.82) is 0 Å². The molecule has 0 amide bonds. The van der Waals surface area contributed by atoms with Crippen LogP contribution in [0.4, 0.5) is 0 Å². The first-order chi connectivity index (χ1) is 7.57. The van der Waals surface area contributed by atoms with E-state index in [1.165, 1.54) is 0 Å². The van der Waals surface area contributed by atoms with Crippen LogP contribution in [0.5, 0.6) is 0 Å². The lowest BCUT2D eigenvalue weighted by Crippen LogP contribution is -2.30. The lowest BCUT2D eigenvalue weighted by Gasteiger charge is -2.06. The number of hydrogen-bond donors (Lipinski definition) is 2. The Kier molecular flexibility index (Phi) is 8.52. The molecule has 1 unspecified atom stereocenters. The number of hydrogen-bond acceptors (Lipinski definition) is 4. The average Bonchev–Trinajstić information content (AvgIpc) is 2.25. The van der Waals surface area contributed by atoms with Crippen LogP contribution in [0, 0.1) is 0 Å². The molecule has 0 heterocycles. The van der Waals surface area contributed by atoms with Crippen LogP contribution in [-0.4, -0.2) is 29.7 Å². The second kappa shape index (κ2) is 9.15. The molecule has 0 aromatic carbocycles. The third-order valence-corrected chi connectivity index (χ3v) is 2.24. The Morgan fingerprint density at radius 3 is 2.56 bits per heavy atom. The SMILES string of the molecule is CCCCCCOC(=O)CCC(N)C(=O)O. The number of unbranched alkanes of at least 4 members (excludes halogenated alkanes) is 3. The van der Waals surface area contributed by atoms with Crippen molar-refractivity contribution in [2.45, 2.75) is 51.5 Å². The highest BCUT2D eigenvalue weighted by atomic mass is 16.5. The van der Waals surface area contributed by atoms with E-state index >= 15 is 0 Å². The van der Waals surface area contributed by atoms with Crippen LogP contribution in [0.15, 0.2) is 0 Å². The smallest absolute Gasteiger partial charge is 0.320 e. The molecule has 1 atom stereocenters. The normalized spacial score (nSPS) is 12.1. The molecule has 0 spiro atoms. The lowest BCUT2D eigenvalue weighted by molar-refractivity contribution is -0.144. The maximum atomic E-state index is 11.1. The standard InChI is InChI=1S/C11H21NO4/c1-2-3-4-5-8-16-10(13)7-6-9(12)11(14)15/h9H,2-8,12H2,1H3,(H,14,15). The number of rotatable bonds is 9. The zero-order chi connectivity index (χ0) is 12.4. The summed E-state index contributed by atoms with van der Waals surface area (Å²) in [6.07, 6.45) is 4.40. The molecule has 0 saturated carbocycles. The number of carboxylic acid groups (broad SMARTS) is 1. The Balaban J connectivity index is 3.41. The lowest BCUT2D eigenvalue weighted by atomic mass is 10.2. The van der Waals surface area contributed by atoms with Crippen LogP contribution >= 0.6 is 0 Å². The van der Waals surface area contributed by atoms with E-state index < -0.39 is 12.0 Å². The number of ether oxygens (including phenoxy) is 1. The van der Waals surface area contributed by atoms with E-state index in [1.807, 2.05) is 0 Å². The summed E-state index contributed by atoms with van der Waals surface area (Å²) in [6.45, 7) is 2.53. The minimum absolute atomic E-state index is 0.0707. The molecular formula is C11H21NO4. The molecular weight excluding hydrogens is 210 g/mol.